The van der Waals surface area contributed by atoms with E-state index in [2.05, 4.69) is 55.4 Å². The second-order valence-corrected chi connectivity index (χ2v) is 10.7. The van der Waals surface area contributed by atoms with Gasteiger partial charge in [0, 0.05) is 11.2 Å². The van der Waals surface area contributed by atoms with E-state index in [1.54, 1.807) is 12.1 Å². The van der Waals surface area contributed by atoms with E-state index < -0.39 is 5.60 Å². The lowest BCUT2D eigenvalue weighted by atomic mass is 9.67. The average molecular weight is 459 g/mol. The van der Waals surface area contributed by atoms with E-state index in [0.717, 1.165) is 50.6 Å². The number of carbonyl (C=O) groups is 1. The summed E-state index contributed by atoms with van der Waals surface area (Å²) in [5.74, 6) is 0. The van der Waals surface area contributed by atoms with Gasteiger partial charge in [-0.15, -0.1) is 0 Å². The minimum atomic E-state index is -0.775. The number of amides is 2. The Bertz CT molecular complexity index is 1090. The molecule has 2 aliphatic carbocycles. The van der Waals surface area contributed by atoms with E-state index in [-0.39, 0.29) is 17.1 Å². The molecule has 6 heteroatoms. The first-order chi connectivity index (χ1) is 16.3. The first-order valence-corrected chi connectivity index (χ1v) is 12.4. The maximum absolute atomic E-state index is 13.8. The zero-order chi connectivity index (χ0) is 24.0. The van der Waals surface area contributed by atoms with Crippen LogP contribution in [0.25, 0.3) is 0 Å². The second-order valence-electron chi connectivity index (χ2n) is 10.7. The van der Waals surface area contributed by atoms with Gasteiger partial charge in [-0.3, -0.25) is 9.80 Å². The lowest BCUT2D eigenvalue weighted by Gasteiger charge is -2.52. The maximum Gasteiger partial charge on any atom is 0.325 e. The minimum Gasteiger partial charge on any atom is -0.388 e. The van der Waals surface area contributed by atoms with Crippen LogP contribution in [0.2, 0.25) is 0 Å². The number of β-amino-alcohol motifs (C(OH)–C–C–N with tert-alkyl or cyclic N) is 1. The van der Waals surface area contributed by atoms with Crippen molar-refractivity contribution in [2.24, 2.45) is 0 Å². The van der Waals surface area contributed by atoms with Crippen LogP contribution in [0.4, 0.5) is 10.5 Å². The van der Waals surface area contributed by atoms with E-state index >= 15 is 0 Å². The predicted molar refractivity (Wildman–Crippen MR) is 132 cm³/mol. The predicted octanol–water partition coefficient (Wildman–Crippen LogP) is 4.49. The van der Waals surface area contributed by atoms with E-state index in [9.17, 15) is 15.2 Å². The molecule has 1 N–H and O–H groups in total. The molecule has 0 radical (unpaired) electrons. The normalized spacial score (nSPS) is 28.3. The third kappa shape index (κ3) is 3.68. The number of aliphatic hydroxyl groups is 1. The fourth-order valence-electron chi connectivity index (χ4n) is 6.31. The average Bonchev–Trinajstić information content (AvgIpc) is 3.10. The number of nitrogens with zero attached hydrogens (tertiary/aromatic N) is 4. The molecule has 1 spiro atoms. The summed E-state index contributed by atoms with van der Waals surface area (Å²) in [6, 6.07) is 20.1. The highest BCUT2D eigenvalue weighted by atomic mass is 16.3. The number of urea groups is 1. The smallest absolute Gasteiger partial charge is 0.325 e. The van der Waals surface area contributed by atoms with Gasteiger partial charge in [-0.1, -0.05) is 36.4 Å². The van der Waals surface area contributed by atoms with E-state index in [1.807, 2.05) is 21.9 Å². The Labute approximate surface area is 202 Å². The van der Waals surface area contributed by atoms with Gasteiger partial charge in [-0.05, 0) is 82.8 Å². The van der Waals surface area contributed by atoms with Gasteiger partial charge in [0.2, 0.25) is 0 Å². The highest BCUT2D eigenvalue weighted by molar-refractivity contribution is 5.95. The van der Waals surface area contributed by atoms with Crippen molar-refractivity contribution in [3.63, 3.8) is 0 Å². The Morgan fingerprint density at radius 2 is 1.71 bits per heavy atom. The monoisotopic (exact) mass is 458 g/mol. The van der Waals surface area contributed by atoms with Crippen molar-refractivity contribution in [3.05, 3.63) is 65.7 Å². The lowest BCUT2D eigenvalue weighted by Crippen LogP contribution is -2.59. The Morgan fingerprint density at radius 1 is 1.00 bits per heavy atom. The molecule has 1 saturated heterocycles. The van der Waals surface area contributed by atoms with Crippen molar-refractivity contribution in [2.45, 2.75) is 61.6 Å². The van der Waals surface area contributed by atoms with Crippen LogP contribution in [0.15, 0.2) is 54.6 Å². The van der Waals surface area contributed by atoms with Crippen LogP contribution in [-0.4, -0.2) is 59.3 Å². The quantitative estimate of drug-likeness (QED) is 0.717. The van der Waals surface area contributed by atoms with Crippen LogP contribution >= 0.6 is 0 Å². The molecule has 5 rings (SSSR count). The third-order valence-corrected chi connectivity index (χ3v) is 8.69. The number of hydrogen-bond donors (Lipinski definition) is 1. The molecule has 1 aliphatic heterocycles. The Hall–Kier alpha value is -2.88. The van der Waals surface area contributed by atoms with Crippen LogP contribution in [0, 0.1) is 11.3 Å². The molecule has 0 unspecified atom stereocenters. The molecule has 2 aromatic carbocycles. The maximum atomic E-state index is 13.8. The molecule has 3 fully saturated rings. The van der Waals surface area contributed by atoms with Gasteiger partial charge in [0.15, 0.2) is 0 Å². The molecule has 34 heavy (non-hydrogen) atoms. The molecule has 6 nitrogen and oxygen atoms in total. The second kappa shape index (κ2) is 8.41. The molecule has 2 amide bonds. The Kier molecular flexibility index (Phi) is 5.66. The molecule has 2 aromatic rings. The first kappa shape index (κ1) is 22.9. The van der Waals surface area contributed by atoms with Crippen LogP contribution in [0.5, 0.6) is 0 Å². The van der Waals surface area contributed by atoms with Gasteiger partial charge < -0.3 is 10.0 Å². The summed E-state index contributed by atoms with van der Waals surface area (Å²) in [6.07, 6.45) is 6.14. The largest absolute Gasteiger partial charge is 0.388 e. The summed E-state index contributed by atoms with van der Waals surface area (Å²) in [5.41, 5.74) is 1.47. The molecule has 178 valence electrons. The van der Waals surface area contributed by atoms with Gasteiger partial charge >= 0.3 is 6.03 Å². The van der Waals surface area contributed by atoms with Crippen molar-refractivity contribution in [2.75, 3.05) is 32.1 Å². The van der Waals surface area contributed by atoms with Crippen molar-refractivity contribution >= 4 is 11.7 Å². The van der Waals surface area contributed by atoms with Gasteiger partial charge in [0.25, 0.3) is 0 Å². The number of anilines is 1. The Balaban J connectivity index is 1.48. The van der Waals surface area contributed by atoms with E-state index in [1.165, 1.54) is 5.56 Å². The van der Waals surface area contributed by atoms with Crippen molar-refractivity contribution in [1.82, 2.24) is 9.80 Å². The first-order valence-electron chi connectivity index (χ1n) is 12.4. The van der Waals surface area contributed by atoms with Gasteiger partial charge in [0.1, 0.15) is 0 Å². The summed E-state index contributed by atoms with van der Waals surface area (Å²) in [7, 11) is 4.30. The minimum absolute atomic E-state index is 0.0486. The van der Waals surface area contributed by atoms with E-state index in [0.29, 0.717) is 18.7 Å². The van der Waals surface area contributed by atoms with Gasteiger partial charge in [-0.25, -0.2) is 4.79 Å². The zero-order valence-corrected chi connectivity index (χ0v) is 20.2. The number of benzene rings is 2. The molecule has 0 atom stereocenters. The molecule has 3 aliphatic rings. The van der Waals surface area contributed by atoms with Crippen molar-refractivity contribution in [1.29, 1.82) is 5.26 Å². The van der Waals surface area contributed by atoms with Gasteiger partial charge in [-0.2, -0.15) is 5.26 Å². The molecular weight excluding hydrogens is 424 g/mol. The molecule has 0 aromatic heterocycles. The molecule has 0 bridgehead atoms. The topological polar surface area (TPSA) is 70.8 Å². The fourth-order valence-corrected chi connectivity index (χ4v) is 6.31. The summed E-state index contributed by atoms with van der Waals surface area (Å²) in [4.78, 5) is 20.0. The highest BCUT2D eigenvalue weighted by Gasteiger charge is 2.56. The van der Waals surface area contributed by atoms with Crippen molar-refractivity contribution in [3.8, 4) is 6.07 Å². The molecular formula is C28H34N4O2. The number of nitriles is 1. The van der Waals surface area contributed by atoms with E-state index in [4.69, 9.17) is 0 Å². The standard InChI is InChI=1S/C28H34N4O2/c1-30(2)28(23-9-4-3-5-10-23)16-14-26(15-17-28)20-31(24-11-6-8-22(18-24)19-29)25(33)32(26)21-27(34)12-7-13-27/h3-6,8-11,18,34H,7,12-17,20-21H2,1-2H3. The SMILES string of the molecule is CN(C)C1(c2ccccc2)CCC2(CC1)CN(c1cccc(C#N)c1)C(=O)N2CC1(O)CCC1. The number of carbonyl (C=O) groups excluding carboxylic acids is 1. The summed E-state index contributed by atoms with van der Waals surface area (Å²) in [5, 5.41) is 20.4. The number of rotatable bonds is 5. The van der Waals surface area contributed by atoms with Crippen LogP contribution < -0.4 is 4.90 Å². The summed E-state index contributed by atoms with van der Waals surface area (Å²) in [6.45, 7) is 0.982. The van der Waals surface area contributed by atoms with Crippen LogP contribution in [-0.2, 0) is 5.54 Å². The molecule has 2 saturated carbocycles. The van der Waals surface area contributed by atoms with Crippen LogP contribution in [0.1, 0.15) is 56.1 Å². The van der Waals surface area contributed by atoms with Crippen molar-refractivity contribution < 1.29 is 9.90 Å². The zero-order valence-electron chi connectivity index (χ0n) is 20.2. The lowest BCUT2D eigenvalue weighted by molar-refractivity contribution is -0.0725. The number of hydrogen-bond acceptors (Lipinski definition) is 4. The summed E-state index contributed by atoms with van der Waals surface area (Å²) >= 11 is 0. The van der Waals surface area contributed by atoms with Gasteiger partial charge in [0.05, 0.1) is 35.9 Å². The highest BCUT2D eigenvalue weighted by Crippen LogP contribution is 2.50. The molecule has 1 heterocycles. The summed E-state index contributed by atoms with van der Waals surface area (Å²) < 4.78 is 0. The third-order valence-electron chi connectivity index (χ3n) is 8.69. The Morgan fingerprint density at radius 3 is 2.29 bits per heavy atom. The fraction of sp³-hybridized carbons (Fsp3) is 0.500. The van der Waals surface area contributed by atoms with Crippen LogP contribution in [0.3, 0.4) is 0 Å².